The van der Waals surface area contributed by atoms with E-state index in [-0.39, 0.29) is 10.4 Å². The van der Waals surface area contributed by atoms with E-state index in [1.165, 1.54) is 10.6 Å². The van der Waals surface area contributed by atoms with Gasteiger partial charge in [0.15, 0.2) is 4.80 Å². The molecule has 1 atom stereocenters. The molecule has 10 nitrogen and oxygen atoms in total. The Bertz CT molecular complexity index is 1430. The topological polar surface area (TPSA) is 130 Å². The number of hydrogen-bond donors (Lipinski definition) is 2. The molecule has 0 aliphatic carbocycles. The number of nitrogens with one attached hydrogen (secondary N) is 2. The number of hydrogen-bond acceptors (Lipinski definition) is 7. The number of halogens is 1. The molecule has 0 radical (unpaired) electrons. The van der Waals surface area contributed by atoms with Crippen molar-refractivity contribution < 1.29 is 19.2 Å². The summed E-state index contributed by atoms with van der Waals surface area (Å²) >= 11 is 7.08. The van der Waals surface area contributed by atoms with Gasteiger partial charge < -0.3 is 4.90 Å². The van der Waals surface area contributed by atoms with Gasteiger partial charge in [0, 0.05) is 18.1 Å². The van der Waals surface area contributed by atoms with Crippen molar-refractivity contribution in [2.45, 2.75) is 26.8 Å². The summed E-state index contributed by atoms with van der Waals surface area (Å²) in [4.78, 5) is 69.4. The molecule has 12 heteroatoms. The summed E-state index contributed by atoms with van der Waals surface area (Å²) in [5.41, 5.74) is 0.969. The smallest absolute Gasteiger partial charge is 0.328 e. The lowest BCUT2D eigenvalue weighted by Crippen LogP contribution is -2.55. The quantitative estimate of drug-likeness (QED) is 0.566. The van der Waals surface area contributed by atoms with Gasteiger partial charge in [0.05, 0.1) is 21.8 Å². The second-order valence-corrected chi connectivity index (χ2v) is 9.36. The average molecular weight is 516 g/mol. The number of fused-ring (bicyclic) bond motifs is 1. The summed E-state index contributed by atoms with van der Waals surface area (Å²) in [6, 6.07) is 5.14. The third-order valence-electron chi connectivity index (χ3n) is 5.84. The maximum atomic E-state index is 13.6. The molecule has 0 unspecified atom stereocenters. The maximum absolute atomic E-state index is 13.6. The van der Waals surface area contributed by atoms with E-state index in [2.05, 4.69) is 4.99 Å². The highest BCUT2D eigenvalue weighted by Gasteiger charge is 2.36. The Hall–Kier alpha value is -3.57. The van der Waals surface area contributed by atoms with Crippen LogP contribution < -0.4 is 25.5 Å². The van der Waals surface area contributed by atoms with Crippen LogP contribution in [-0.2, 0) is 14.4 Å². The van der Waals surface area contributed by atoms with Gasteiger partial charge in [-0.2, -0.15) is 0 Å². The summed E-state index contributed by atoms with van der Waals surface area (Å²) < 4.78 is 1.49. The van der Waals surface area contributed by atoms with Gasteiger partial charge >= 0.3 is 6.03 Å². The van der Waals surface area contributed by atoms with E-state index in [4.69, 9.17) is 11.6 Å². The predicted octanol–water partition coefficient (Wildman–Crippen LogP) is 0.691. The van der Waals surface area contributed by atoms with Crippen molar-refractivity contribution in [3.63, 3.8) is 0 Å². The number of nitrogens with zero attached hydrogens (tertiary/aromatic N) is 3. The molecule has 2 aliphatic rings. The number of thiazole rings is 1. The number of urea groups is 1. The first-order valence-electron chi connectivity index (χ1n) is 10.9. The number of likely N-dealkylation sites (N-methyl/N-ethyl adjacent to an activating group) is 1. The van der Waals surface area contributed by atoms with Gasteiger partial charge in [-0.05, 0) is 44.5 Å². The molecule has 2 N–H and O–H groups in total. The van der Waals surface area contributed by atoms with E-state index < -0.39 is 35.4 Å². The third kappa shape index (κ3) is 4.44. The number of benzene rings is 1. The highest BCUT2D eigenvalue weighted by atomic mass is 35.5. The van der Waals surface area contributed by atoms with Crippen molar-refractivity contribution in [2.24, 2.45) is 10.9 Å². The van der Waals surface area contributed by atoms with Gasteiger partial charge in [0.1, 0.15) is 5.92 Å². The van der Waals surface area contributed by atoms with Crippen LogP contribution >= 0.6 is 22.9 Å². The molecule has 3 heterocycles. The van der Waals surface area contributed by atoms with E-state index in [1.54, 1.807) is 36.1 Å². The fourth-order valence-corrected chi connectivity index (χ4v) is 5.26. The maximum Gasteiger partial charge on any atom is 0.328 e. The van der Waals surface area contributed by atoms with Crippen LogP contribution in [0.1, 0.15) is 32.4 Å². The normalized spacial score (nSPS) is 18.7. The van der Waals surface area contributed by atoms with Crippen LogP contribution in [-0.4, -0.2) is 46.3 Å². The van der Waals surface area contributed by atoms with Gasteiger partial charge in [0.2, 0.25) is 11.8 Å². The number of allylic oxidation sites excluding steroid dienone is 1. The number of carbonyl (C=O) groups is 4. The van der Waals surface area contributed by atoms with Crippen LogP contribution in [0.2, 0.25) is 5.02 Å². The second kappa shape index (κ2) is 9.59. The van der Waals surface area contributed by atoms with Crippen LogP contribution in [0.15, 0.2) is 45.3 Å². The van der Waals surface area contributed by atoms with Gasteiger partial charge in [0.25, 0.3) is 11.5 Å². The minimum absolute atomic E-state index is 0.0942. The minimum Gasteiger partial charge on any atom is -0.339 e. The summed E-state index contributed by atoms with van der Waals surface area (Å²) in [7, 11) is 0. The van der Waals surface area contributed by atoms with E-state index >= 15 is 0 Å². The molecule has 1 saturated heterocycles. The molecule has 1 aromatic heterocycles. The zero-order valence-corrected chi connectivity index (χ0v) is 20.7. The van der Waals surface area contributed by atoms with Crippen molar-refractivity contribution in [1.82, 2.24) is 20.1 Å². The first kappa shape index (κ1) is 24.6. The lowest BCUT2D eigenvalue weighted by Gasteiger charge is -2.29. The lowest BCUT2D eigenvalue weighted by molar-refractivity contribution is -0.133. The average Bonchev–Trinajstić information content (AvgIpc) is 3.11. The molecule has 5 amide bonds. The molecule has 1 fully saturated rings. The molecule has 0 bridgehead atoms. The Morgan fingerprint density at radius 3 is 2.29 bits per heavy atom. The fraction of sp³-hybridized carbons (Fsp3) is 0.304. The van der Waals surface area contributed by atoms with Crippen LogP contribution in [0, 0.1) is 5.92 Å². The highest BCUT2D eigenvalue weighted by Crippen LogP contribution is 2.31. The van der Waals surface area contributed by atoms with Crippen molar-refractivity contribution >= 4 is 52.8 Å². The molecule has 1 aromatic carbocycles. The number of rotatable bonds is 5. The Morgan fingerprint density at radius 2 is 1.71 bits per heavy atom. The molecule has 2 aliphatic heterocycles. The number of imide groups is 2. The number of amides is 5. The standard InChI is InChI=1S/C23H22ClN5O5S/c1-4-28(5-2)21(33)16-11(3)25-23-29(17(16)12-6-8-13(24)9-7-12)20(32)15(35-23)10-14-18(30)26-22(34)27-19(14)31/h6-10,14,17H,4-5H2,1-3H3,(H2,26,27,30,31,34)/b15-10-/t17-/m1/s1. The number of aromatic nitrogens is 1. The van der Waals surface area contributed by atoms with Crippen LogP contribution in [0.3, 0.4) is 0 Å². The minimum atomic E-state index is -1.36. The van der Waals surface area contributed by atoms with Crippen molar-refractivity contribution in [2.75, 3.05) is 13.1 Å². The van der Waals surface area contributed by atoms with Gasteiger partial charge in [-0.25, -0.2) is 9.79 Å². The summed E-state index contributed by atoms with van der Waals surface area (Å²) in [5, 5.41) is 4.53. The first-order chi connectivity index (χ1) is 16.7. The van der Waals surface area contributed by atoms with Crippen LogP contribution in [0.25, 0.3) is 6.08 Å². The zero-order chi connectivity index (χ0) is 25.4. The Kier molecular flexibility index (Phi) is 6.73. The Morgan fingerprint density at radius 1 is 1.11 bits per heavy atom. The monoisotopic (exact) mass is 515 g/mol. The summed E-state index contributed by atoms with van der Waals surface area (Å²) in [6.45, 7) is 6.41. The zero-order valence-electron chi connectivity index (χ0n) is 19.1. The number of carbonyl (C=O) groups excluding carboxylic acids is 4. The molecule has 0 saturated carbocycles. The van der Waals surface area contributed by atoms with Gasteiger partial charge in [-0.3, -0.25) is 34.4 Å². The fourth-order valence-electron chi connectivity index (χ4n) is 4.08. The molecular weight excluding hydrogens is 494 g/mol. The summed E-state index contributed by atoms with van der Waals surface area (Å²) in [6.07, 6.45) is 1.21. The Balaban J connectivity index is 1.92. The Labute approximate surface area is 208 Å². The van der Waals surface area contributed by atoms with Crippen LogP contribution in [0.5, 0.6) is 0 Å². The molecule has 0 spiro atoms. The summed E-state index contributed by atoms with van der Waals surface area (Å²) in [5.74, 6) is -3.25. The van der Waals surface area contributed by atoms with E-state index in [1.807, 2.05) is 24.5 Å². The van der Waals surface area contributed by atoms with E-state index in [0.29, 0.717) is 39.7 Å². The molecule has 2 aromatic rings. The molecular formula is C23H22ClN5O5S. The molecule has 35 heavy (non-hydrogen) atoms. The van der Waals surface area contributed by atoms with Crippen LogP contribution in [0.4, 0.5) is 4.79 Å². The van der Waals surface area contributed by atoms with Gasteiger partial charge in [-0.15, -0.1) is 0 Å². The largest absolute Gasteiger partial charge is 0.339 e. The molecule has 4 rings (SSSR count). The first-order valence-corrected chi connectivity index (χ1v) is 12.1. The third-order valence-corrected chi connectivity index (χ3v) is 7.10. The lowest BCUT2D eigenvalue weighted by atomic mass is 9.94. The second-order valence-electron chi connectivity index (χ2n) is 7.92. The highest BCUT2D eigenvalue weighted by molar-refractivity contribution is 7.07. The number of barbiturate groups is 1. The van der Waals surface area contributed by atoms with Crippen molar-refractivity contribution in [1.29, 1.82) is 0 Å². The van der Waals surface area contributed by atoms with E-state index in [9.17, 15) is 24.0 Å². The predicted molar refractivity (Wildman–Crippen MR) is 129 cm³/mol. The van der Waals surface area contributed by atoms with E-state index in [0.717, 1.165) is 11.3 Å². The van der Waals surface area contributed by atoms with Gasteiger partial charge in [-0.1, -0.05) is 35.1 Å². The van der Waals surface area contributed by atoms with Crippen molar-refractivity contribution in [3.8, 4) is 0 Å². The molecule has 182 valence electrons. The van der Waals surface area contributed by atoms with Crippen molar-refractivity contribution in [3.05, 3.63) is 65.8 Å². The SMILES string of the molecule is CCN(CC)C(=O)C1=C(C)N=c2s/c(=C\C3C(=O)NC(=O)NC3=O)c(=O)n2[C@@H]1c1ccc(Cl)cc1.